The Hall–Kier alpha value is -1.18. The molecule has 0 saturated carbocycles. The number of nitrogens with one attached hydrogen (secondary N) is 1. The lowest BCUT2D eigenvalue weighted by atomic mass is 10.4. The number of hydrogen-bond acceptors (Lipinski definition) is 4. The summed E-state index contributed by atoms with van der Waals surface area (Å²) in [7, 11) is -3.33. The minimum absolute atomic E-state index is 0.359. The average molecular weight is 285 g/mol. The summed E-state index contributed by atoms with van der Waals surface area (Å²) in [5, 5.41) is 5.89. The van der Waals surface area contributed by atoms with Crippen LogP contribution in [0, 0.1) is 6.92 Å². The maximum absolute atomic E-state index is 11.8. The third-order valence-electron chi connectivity index (χ3n) is 2.53. The normalized spacial score (nSPS) is 11.8. The molecule has 98 valence electrons. The van der Waals surface area contributed by atoms with Gasteiger partial charge in [0, 0.05) is 25.0 Å². The first-order valence-electron chi connectivity index (χ1n) is 5.61. The molecule has 5 nitrogen and oxygen atoms in total. The second kappa shape index (κ2) is 5.64. The van der Waals surface area contributed by atoms with E-state index in [0.717, 1.165) is 5.69 Å². The fourth-order valence-electron chi connectivity index (χ4n) is 1.56. The molecule has 1 N–H and O–H groups in total. The Morgan fingerprint density at radius 2 is 2.28 bits per heavy atom. The molecule has 0 bridgehead atoms. The molecule has 0 aliphatic carbocycles. The number of nitrogens with zero attached hydrogens (tertiary/aromatic N) is 2. The van der Waals surface area contributed by atoms with Gasteiger partial charge in [-0.1, -0.05) is 6.07 Å². The highest BCUT2D eigenvalue weighted by Crippen LogP contribution is 2.15. The van der Waals surface area contributed by atoms with Gasteiger partial charge in [0.05, 0.1) is 0 Å². The van der Waals surface area contributed by atoms with Gasteiger partial charge in [0.15, 0.2) is 0 Å². The van der Waals surface area contributed by atoms with Crippen molar-refractivity contribution in [3.05, 3.63) is 35.5 Å². The van der Waals surface area contributed by atoms with E-state index in [4.69, 9.17) is 0 Å². The van der Waals surface area contributed by atoms with Crippen LogP contribution in [0.15, 0.2) is 34.0 Å². The van der Waals surface area contributed by atoms with E-state index < -0.39 is 10.0 Å². The monoisotopic (exact) mass is 285 g/mol. The summed E-state index contributed by atoms with van der Waals surface area (Å²) in [5.41, 5.74) is 1.08. The molecule has 0 unspecified atom stereocenters. The Morgan fingerprint density at radius 3 is 2.89 bits per heavy atom. The molecule has 0 spiro atoms. The van der Waals surface area contributed by atoms with Crippen molar-refractivity contribution in [2.24, 2.45) is 0 Å². The van der Waals surface area contributed by atoms with Crippen molar-refractivity contribution in [2.75, 3.05) is 6.54 Å². The minimum Gasteiger partial charge on any atom is -0.270 e. The van der Waals surface area contributed by atoms with E-state index >= 15 is 0 Å². The van der Waals surface area contributed by atoms with E-state index in [1.165, 1.54) is 11.3 Å². The number of thiophene rings is 1. The zero-order valence-corrected chi connectivity index (χ0v) is 11.7. The van der Waals surface area contributed by atoms with Crippen LogP contribution in [0.1, 0.15) is 12.1 Å². The second-order valence-electron chi connectivity index (χ2n) is 3.88. The van der Waals surface area contributed by atoms with Crippen LogP contribution in [0.4, 0.5) is 0 Å². The van der Waals surface area contributed by atoms with Gasteiger partial charge >= 0.3 is 0 Å². The van der Waals surface area contributed by atoms with Gasteiger partial charge in [-0.05, 0) is 30.9 Å². The molecule has 2 aromatic rings. The quantitative estimate of drug-likeness (QED) is 0.820. The minimum atomic E-state index is -3.33. The average Bonchev–Trinajstić information content (AvgIpc) is 2.96. The number of hydrogen-bond donors (Lipinski definition) is 1. The Labute approximate surface area is 111 Å². The van der Waals surface area contributed by atoms with Gasteiger partial charge in [0.25, 0.3) is 0 Å². The van der Waals surface area contributed by atoms with Gasteiger partial charge in [-0.3, -0.25) is 4.68 Å². The van der Waals surface area contributed by atoms with Crippen molar-refractivity contribution in [1.29, 1.82) is 0 Å². The Kier molecular flexibility index (Phi) is 4.15. The van der Waals surface area contributed by atoms with Crippen LogP contribution in [0.2, 0.25) is 0 Å². The van der Waals surface area contributed by atoms with E-state index in [1.807, 2.05) is 17.7 Å². The number of rotatable bonds is 6. The molecule has 2 rings (SSSR count). The molecule has 2 heterocycles. The molecule has 0 aliphatic heterocycles. The van der Waals surface area contributed by atoms with E-state index in [1.54, 1.807) is 23.7 Å². The first-order chi connectivity index (χ1) is 8.59. The van der Waals surface area contributed by atoms with E-state index in [9.17, 15) is 8.42 Å². The third-order valence-corrected chi connectivity index (χ3v) is 5.39. The molecule has 0 radical (unpaired) electrons. The van der Waals surface area contributed by atoms with Crippen molar-refractivity contribution in [3.8, 4) is 0 Å². The molecule has 0 fully saturated rings. The summed E-state index contributed by atoms with van der Waals surface area (Å²) in [4.78, 5) is 0. The van der Waals surface area contributed by atoms with Crippen molar-refractivity contribution in [3.63, 3.8) is 0 Å². The molecule has 0 aromatic carbocycles. The lowest BCUT2D eigenvalue weighted by molar-refractivity contribution is 0.547. The number of sulfonamides is 1. The molecule has 0 amide bonds. The molecule has 18 heavy (non-hydrogen) atoms. The van der Waals surface area contributed by atoms with Crippen LogP contribution < -0.4 is 4.72 Å². The van der Waals surface area contributed by atoms with Gasteiger partial charge in [-0.25, -0.2) is 13.1 Å². The van der Waals surface area contributed by atoms with Crippen LogP contribution in [0.5, 0.6) is 0 Å². The van der Waals surface area contributed by atoms with Crippen LogP contribution in [0.25, 0.3) is 0 Å². The molecular formula is C11H15N3O2S2. The van der Waals surface area contributed by atoms with Crippen molar-refractivity contribution >= 4 is 21.4 Å². The predicted molar refractivity (Wildman–Crippen MR) is 71.1 cm³/mol. The molecular weight excluding hydrogens is 270 g/mol. The fourth-order valence-corrected chi connectivity index (χ4v) is 3.67. The lowest BCUT2D eigenvalue weighted by Crippen LogP contribution is -2.25. The second-order valence-corrected chi connectivity index (χ2v) is 6.82. The Bertz CT molecular complexity index is 588. The Morgan fingerprint density at radius 1 is 1.44 bits per heavy atom. The topological polar surface area (TPSA) is 64.0 Å². The lowest BCUT2D eigenvalue weighted by Gasteiger charge is -2.06. The third kappa shape index (κ3) is 3.18. The highest BCUT2D eigenvalue weighted by atomic mass is 32.2. The van der Waals surface area contributed by atoms with Crippen LogP contribution in [0.3, 0.4) is 0 Å². The molecule has 2 aromatic heterocycles. The first kappa shape index (κ1) is 13.3. The van der Waals surface area contributed by atoms with Crippen molar-refractivity contribution in [2.45, 2.75) is 24.1 Å². The highest BCUT2D eigenvalue weighted by Gasteiger charge is 2.13. The first-order valence-corrected chi connectivity index (χ1v) is 7.97. The zero-order valence-electron chi connectivity index (χ0n) is 10.0. The summed E-state index contributed by atoms with van der Waals surface area (Å²) in [5.74, 6) is 0. The largest absolute Gasteiger partial charge is 0.270 e. The Balaban J connectivity index is 1.81. The summed E-state index contributed by atoms with van der Waals surface area (Å²) in [6.07, 6.45) is 2.46. The van der Waals surface area contributed by atoms with E-state index in [2.05, 4.69) is 9.82 Å². The summed E-state index contributed by atoms with van der Waals surface area (Å²) >= 11 is 1.22. The van der Waals surface area contributed by atoms with Gasteiger partial charge < -0.3 is 0 Å². The van der Waals surface area contributed by atoms with Gasteiger partial charge in [0.2, 0.25) is 10.0 Å². The highest BCUT2D eigenvalue weighted by molar-refractivity contribution is 7.91. The van der Waals surface area contributed by atoms with E-state index in [-0.39, 0.29) is 0 Å². The van der Waals surface area contributed by atoms with Crippen molar-refractivity contribution < 1.29 is 8.42 Å². The number of aryl methyl sites for hydroxylation is 2. The maximum atomic E-state index is 11.8. The smallest absolute Gasteiger partial charge is 0.250 e. The number of aromatic nitrogens is 2. The summed E-state index contributed by atoms with van der Waals surface area (Å²) in [6.45, 7) is 3.11. The molecule has 7 heteroatoms. The van der Waals surface area contributed by atoms with Crippen LogP contribution in [-0.2, 0) is 16.6 Å². The van der Waals surface area contributed by atoms with E-state index in [0.29, 0.717) is 23.7 Å². The molecule has 0 saturated heterocycles. The van der Waals surface area contributed by atoms with Gasteiger partial charge in [-0.15, -0.1) is 11.3 Å². The summed E-state index contributed by atoms with van der Waals surface area (Å²) in [6, 6.07) is 5.26. The maximum Gasteiger partial charge on any atom is 0.250 e. The van der Waals surface area contributed by atoms with Crippen LogP contribution in [-0.4, -0.2) is 24.7 Å². The van der Waals surface area contributed by atoms with Gasteiger partial charge in [-0.2, -0.15) is 5.10 Å². The summed E-state index contributed by atoms with van der Waals surface area (Å²) < 4.78 is 28.4. The molecule has 0 atom stereocenters. The SMILES string of the molecule is Cc1ccnn1CCCNS(=O)(=O)c1cccs1. The zero-order chi connectivity index (χ0) is 13.0. The standard InChI is InChI=1S/C11H15N3O2S2/c1-10-5-7-12-14(10)8-3-6-13-18(15,16)11-4-2-9-17-11/h2,4-5,7,9,13H,3,6,8H2,1H3. The van der Waals surface area contributed by atoms with Crippen LogP contribution >= 0.6 is 11.3 Å². The van der Waals surface area contributed by atoms with Crippen molar-refractivity contribution in [1.82, 2.24) is 14.5 Å². The van der Waals surface area contributed by atoms with Gasteiger partial charge in [0.1, 0.15) is 4.21 Å². The predicted octanol–water partition coefficient (Wildman–Crippen LogP) is 1.62. The fraction of sp³-hybridized carbons (Fsp3) is 0.364. The molecule has 0 aliphatic rings.